The van der Waals surface area contributed by atoms with Crippen molar-refractivity contribution in [2.75, 3.05) is 12.3 Å². The maximum Gasteiger partial charge on any atom is 0.348 e. The van der Waals surface area contributed by atoms with E-state index in [-0.39, 0.29) is 12.2 Å². The van der Waals surface area contributed by atoms with Crippen LogP contribution in [0.3, 0.4) is 0 Å². The normalized spacial score (nSPS) is 10.6. The summed E-state index contributed by atoms with van der Waals surface area (Å²) in [4.78, 5) is 12.5. The fourth-order valence-electron chi connectivity index (χ4n) is 2.72. The molecule has 9 heteroatoms. The molecule has 0 spiro atoms. The zero-order chi connectivity index (χ0) is 20.3. The average Bonchev–Trinajstić information content (AvgIpc) is 3.23. The Balaban J connectivity index is 1.82. The molecule has 0 radical (unpaired) electrons. The first-order valence-corrected chi connectivity index (χ1v) is 10.3. The summed E-state index contributed by atoms with van der Waals surface area (Å²) < 4.78 is 10.8. The fourth-order valence-corrected chi connectivity index (χ4v) is 4.54. The third-order valence-corrected chi connectivity index (χ3v) is 5.71. The molecule has 0 saturated heterocycles. The molecule has 3 aromatic rings. The van der Waals surface area contributed by atoms with Gasteiger partial charge in [0.2, 0.25) is 5.89 Å². The molecule has 2 aromatic heterocycles. The highest BCUT2D eigenvalue weighted by Gasteiger charge is 2.23. The number of hydrogen-bond donors (Lipinski definition) is 1. The Morgan fingerprint density at radius 2 is 2.04 bits per heavy atom. The number of hydrogen-bond acceptors (Lipinski definition) is 9. The van der Waals surface area contributed by atoms with Crippen LogP contribution in [0.15, 0.2) is 27.8 Å². The molecule has 1 aromatic carbocycles. The average molecular weight is 415 g/mol. The van der Waals surface area contributed by atoms with Gasteiger partial charge in [-0.1, -0.05) is 29.0 Å². The van der Waals surface area contributed by atoms with Crippen molar-refractivity contribution in [1.29, 1.82) is 5.26 Å². The molecule has 0 bridgehead atoms. The molecule has 0 aliphatic carbocycles. The summed E-state index contributed by atoms with van der Waals surface area (Å²) in [5.41, 5.74) is 9.77. The molecular formula is C19H18N4O3S2. The number of nitrogens with two attached hydrogens (primary N) is 1. The van der Waals surface area contributed by atoms with Crippen molar-refractivity contribution in [2.45, 2.75) is 31.7 Å². The van der Waals surface area contributed by atoms with Crippen LogP contribution in [0.5, 0.6) is 0 Å². The van der Waals surface area contributed by atoms with Crippen molar-refractivity contribution in [3.05, 3.63) is 45.3 Å². The Labute approximate surface area is 170 Å². The first kappa shape index (κ1) is 19.9. The Morgan fingerprint density at radius 1 is 1.32 bits per heavy atom. The third-order valence-electron chi connectivity index (χ3n) is 3.82. The molecule has 2 N–H and O–H groups in total. The number of ether oxygens (including phenoxy) is 1. The van der Waals surface area contributed by atoms with Crippen LogP contribution in [-0.4, -0.2) is 22.8 Å². The van der Waals surface area contributed by atoms with Gasteiger partial charge in [0.1, 0.15) is 15.9 Å². The molecule has 0 unspecified atom stereocenters. The van der Waals surface area contributed by atoms with E-state index in [0.717, 1.165) is 28.0 Å². The van der Waals surface area contributed by atoms with Crippen molar-refractivity contribution in [2.24, 2.45) is 0 Å². The van der Waals surface area contributed by atoms with Gasteiger partial charge in [-0.05, 0) is 32.9 Å². The van der Waals surface area contributed by atoms with E-state index in [2.05, 4.69) is 22.3 Å². The van der Waals surface area contributed by atoms with Crippen molar-refractivity contribution in [1.82, 2.24) is 10.2 Å². The highest BCUT2D eigenvalue weighted by Crippen LogP contribution is 2.36. The molecule has 0 atom stereocenters. The van der Waals surface area contributed by atoms with Gasteiger partial charge in [0.15, 0.2) is 0 Å². The Hall–Kier alpha value is -2.83. The number of aromatic nitrogens is 2. The summed E-state index contributed by atoms with van der Waals surface area (Å²) >= 11 is 2.30. The minimum absolute atomic E-state index is 0.244. The van der Waals surface area contributed by atoms with Crippen molar-refractivity contribution >= 4 is 34.1 Å². The SMILES string of the molecule is CCOC(=O)c1sc(N)c(C#N)c1CSc1nnc(-c2cc(C)cc(C)c2)o1. The number of aryl methyl sites for hydroxylation is 2. The van der Waals surface area contributed by atoms with Crippen LogP contribution in [0, 0.1) is 25.2 Å². The topological polar surface area (TPSA) is 115 Å². The highest BCUT2D eigenvalue weighted by molar-refractivity contribution is 7.98. The van der Waals surface area contributed by atoms with Gasteiger partial charge in [-0.2, -0.15) is 5.26 Å². The van der Waals surface area contributed by atoms with Gasteiger partial charge < -0.3 is 14.9 Å². The number of carbonyl (C=O) groups is 1. The van der Waals surface area contributed by atoms with E-state index >= 15 is 0 Å². The predicted molar refractivity (Wildman–Crippen MR) is 108 cm³/mol. The molecule has 0 aliphatic rings. The quantitative estimate of drug-likeness (QED) is 0.468. The number of anilines is 1. The molecule has 28 heavy (non-hydrogen) atoms. The molecule has 0 amide bonds. The standard InChI is InChI=1S/C19H18N4O3S2/c1-4-25-18(24)15-14(13(8-20)16(21)28-15)9-27-19-23-22-17(26-19)12-6-10(2)5-11(3)7-12/h5-7H,4,9,21H2,1-3H3. The van der Waals surface area contributed by atoms with E-state index in [9.17, 15) is 10.1 Å². The molecule has 2 heterocycles. The zero-order valence-corrected chi connectivity index (χ0v) is 17.2. The number of esters is 1. The lowest BCUT2D eigenvalue weighted by Gasteiger charge is -2.03. The Morgan fingerprint density at radius 3 is 2.68 bits per heavy atom. The Kier molecular flexibility index (Phi) is 6.02. The largest absolute Gasteiger partial charge is 0.462 e. The summed E-state index contributed by atoms with van der Waals surface area (Å²) in [6.45, 7) is 5.98. The van der Waals surface area contributed by atoms with Gasteiger partial charge in [0, 0.05) is 16.9 Å². The molecule has 0 fully saturated rings. The first-order chi connectivity index (χ1) is 13.4. The lowest BCUT2D eigenvalue weighted by molar-refractivity contribution is 0.0531. The van der Waals surface area contributed by atoms with E-state index < -0.39 is 5.97 Å². The van der Waals surface area contributed by atoms with Gasteiger partial charge in [0.05, 0.1) is 12.2 Å². The number of nitrogen functional groups attached to an aromatic ring is 1. The van der Waals surface area contributed by atoms with Gasteiger partial charge in [-0.15, -0.1) is 21.5 Å². The number of thioether (sulfide) groups is 1. The monoisotopic (exact) mass is 414 g/mol. The van der Waals surface area contributed by atoms with Crippen LogP contribution >= 0.6 is 23.1 Å². The van der Waals surface area contributed by atoms with E-state index in [0.29, 0.717) is 32.3 Å². The van der Waals surface area contributed by atoms with Crippen LogP contribution in [0.2, 0.25) is 0 Å². The number of benzene rings is 1. The number of thiophene rings is 1. The lowest BCUT2D eigenvalue weighted by Crippen LogP contribution is -2.05. The smallest absolute Gasteiger partial charge is 0.348 e. The third kappa shape index (κ3) is 4.18. The highest BCUT2D eigenvalue weighted by atomic mass is 32.2. The molecule has 7 nitrogen and oxygen atoms in total. The van der Waals surface area contributed by atoms with Gasteiger partial charge in [0.25, 0.3) is 5.22 Å². The molecular weight excluding hydrogens is 396 g/mol. The van der Waals surface area contributed by atoms with Crippen LogP contribution < -0.4 is 5.73 Å². The number of rotatable bonds is 6. The Bertz CT molecular complexity index is 1050. The van der Waals surface area contributed by atoms with Crippen LogP contribution in [0.4, 0.5) is 5.00 Å². The molecule has 0 aliphatic heterocycles. The lowest BCUT2D eigenvalue weighted by atomic mass is 10.1. The fraction of sp³-hybridized carbons (Fsp3) is 0.263. The second-order valence-electron chi connectivity index (χ2n) is 6.02. The van der Waals surface area contributed by atoms with E-state index in [4.69, 9.17) is 14.9 Å². The van der Waals surface area contributed by atoms with Crippen LogP contribution in [-0.2, 0) is 10.5 Å². The second-order valence-corrected chi connectivity index (χ2v) is 8.00. The van der Waals surface area contributed by atoms with Gasteiger partial charge >= 0.3 is 5.97 Å². The summed E-state index contributed by atoms with van der Waals surface area (Å²) in [7, 11) is 0. The maximum absolute atomic E-state index is 12.2. The minimum Gasteiger partial charge on any atom is -0.462 e. The maximum atomic E-state index is 12.2. The van der Waals surface area contributed by atoms with Crippen LogP contribution in [0.25, 0.3) is 11.5 Å². The van der Waals surface area contributed by atoms with E-state index in [1.165, 1.54) is 11.8 Å². The zero-order valence-electron chi connectivity index (χ0n) is 15.6. The summed E-state index contributed by atoms with van der Waals surface area (Å²) in [5.74, 6) is 0.224. The summed E-state index contributed by atoms with van der Waals surface area (Å²) in [5, 5.41) is 18.2. The van der Waals surface area contributed by atoms with Crippen molar-refractivity contribution in [3.63, 3.8) is 0 Å². The number of nitriles is 1. The second kappa shape index (κ2) is 8.46. The molecule has 0 saturated carbocycles. The van der Waals surface area contributed by atoms with E-state index in [1.807, 2.05) is 26.0 Å². The summed E-state index contributed by atoms with van der Waals surface area (Å²) in [6, 6.07) is 8.07. The van der Waals surface area contributed by atoms with Gasteiger partial charge in [-0.25, -0.2) is 4.79 Å². The summed E-state index contributed by atoms with van der Waals surface area (Å²) in [6.07, 6.45) is 0. The van der Waals surface area contributed by atoms with Gasteiger partial charge in [-0.3, -0.25) is 0 Å². The minimum atomic E-state index is -0.488. The first-order valence-electron chi connectivity index (χ1n) is 8.46. The van der Waals surface area contributed by atoms with Crippen molar-refractivity contribution in [3.8, 4) is 17.5 Å². The van der Waals surface area contributed by atoms with Crippen molar-refractivity contribution < 1.29 is 13.9 Å². The van der Waals surface area contributed by atoms with Crippen LogP contribution in [0.1, 0.15) is 38.8 Å². The number of carbonyl (C=O) groups excluding carboxylic acids is 1. The predicted octanol–water partition coefficient (Wildman–Crippen LogP) is 4.34. The van der Waals surface area contributed by atoms with E-state index in [1.54, 1.807) is 6.92 Å². The molecule has 144 valence electrons. The molecule has 3 rings (SSSR count). The number of nitrogens with zero attached hydrogens (tertiary/aromatic N) is 3.